The average molecular weight is 521 g/mol. The van der Waals surface area contributed by atoms with Gasteiger partial charge in [0.1, 0.15) is 12.4 Å². The highest BCUT2D eigenvalue weighted by molar-refractivity contribution is 5.99. The summed E-state index contributed by atoms with van der Waals surface area (Å²) in [5, 5.41) is 0.869. The summed E-state index contributed by atoms with van der Waals surface area (Å²) in [5.41, 5.74) is 2.33. The number of rotatable bonds is 5. The molecule has 0 radical (unpaired) electrons. The number of piperidine rings is 1. The third-order valence-electron chi connectivity index (χ3n) is 7.51. The van der Waals surface area contributed by atoms with E-state index >= 15 is 0 Å². The number of fused-ring (bicyclic) bond motifs is 1. The van der Waals surface area contributed by atoms with Crippen LogP contribution in [-0.4, -0.2) is 111 Å². The van der Waals surface area contributed by atoms with Gasteiger partial charge in [0, 0.05) is 50.3 Å². The smallest absolute Gasteiger partial charge is 0.354 e. The van der Waals surface area contributed by atoms with Crippen molar-refractivity contribution < 1.29 is 22.8 Å². The van der Waals surface area contributed by atoms with Crippen LogP contribution in [0, 0.1) is 6.92 Å². The number of benzene rings is 1. The van der Waals surface area contributed by atoms with E-state index in [0.29, 0.717) is 36.5 Å². The molecule has 2 aromatic rings. The van der Waals surface area contributed by atoms with Gasteiger partial charge in [-0.05, 0) is 76.8 Å². The molecular formula is C26H35F3N6O2. The largest absolute Gasteiger partial charge is 0.471 e. The first kappa shape index (κ1) is 27.1. The van der Waals surface area contributed by atoms with Gasteiger partial charge < -0.3 is 24.5 Å². The van der Waals surface area contributed by atoms with E-state index in [1.54, 1.807) is 6.07 Å². The number of carbonyl (C=O) groups is 2. The van der Waals surface area contributed by atoms with E-state index in [9.17, 15) is 22.8 Å². The molecule has 0 aliphatic carbocycles. The van der Waals surface area contributed by atoms with Crippen LogP contribution in [0.3, 0.4) is 0 Å². The molecule has 2 saturated heterocycles. The third kappa shape index (κ3) is 6.15. The van der Waals surface area contributed by atoms with Crippen LogP contribution in [0.5, 0.6) is 0 Å². The first-order valence-electron chi connectivity index (χ1n) is 12.6. The minimum atomic E-state index is -5.03. The monoisotopic (exact) mass is 520 g/mol. The highest BCUT2D eigenvalue weighted by atomic mass is 19.4. The lowest BCUT2D eigenvalue weighted by Gasteiger charge is -2.37. The molecule has 0 saturated carbocycles. The number of piperazine rings is 1. The number of halogens is 3. The molecule has 0 unspecified atom stereocenters. The second-order valence-electron chi connectivity index (χ2n) is 10.2. The van der Waals surface area contributed by atoms with E-state index in [2.05, 4.69) is 16.8 Å². The molecule has 2 fully saturated rings. The minimum Gasteiger partial charge on any atom is -0.354 e. The summed E-state index contributed by atoms with van der Waals surface area (Å²) in [5.74, 6) is -1.62. The van der Waals surface area contributed by atoms with Crippen molar-refractivity contribution in [1.29, 1.82) is 0 Å². The van der Waals surface area contributed by atoms with Gasteiger partial charge in [0.05, 0.1) is 5.52 Å². The normalized spacial score (nSPS) is 18.3. The summed E-state index contributed by atoms with van der Waals surface area (Å²) < 4.78 is 40.1. The Labute approximate surface area is 215 Å². The van der Waals surface area contributed by atoms with Gasteiger partial charge in [-0.2, -0.15) is 13.2 Å². The van der Waals surface area contributed by atoms with Crippen molar-refractivity contribution >= 4 is 34.2 Å². The molecule has 2 aliphatic heterocycles. The molecule has 1 aromatic carbocycles. The number of alkyl halides is 3. The number of aromatic nitrogens is 1. The van der Waals surface area contributed by atoms with E-state index < -0.39 is 30.6 Å². The Morgan fingerprint density at radius 1 is 1.00 bits per heavy atom. The zero-order valence-electron chi connectivity index (χ0n) is 21.9. The molecule has 2 amide bonds. The molecular weight excluding hydrogens is 485 g/mol. The van der Waals surface area contributed by atoms with Crippen molar-refractivity contribution in [3.8, 4) is 0 Å². The van der Waals surface area contributed by atoms with Crippen molar-refractivity contribution in [3.63, 3.8) is 0 Å². The lowest BCUT2D eigenvalue weighted by molar-refractivity contribution is -0.189. The molecule has 11 heteroatoms. The Morgan fingerprint density at radius 3 is 2.24 bits per heavy atom. The van der Waals surface area contributed by atoms with E-state index in [1.807, 2.05) is 37.1 Å². The molecule has 37 heavy (non-hydrogen) atoms. The average Bonchev–Trinajstić information content (AvgIpc) is 2.86. The SMILES string of the molecule is Cc1cc(N2CCN(C)CC2)nc2ccc(N(C)C(=O)CN(C(=O)C(F)(F)F)C3CCN(C)CC3)cc12. The molecule has 3 heterocycles. The van der Waals surface area contributed by atoms with Gasteiger partial charge in [-0.15, -0.1) is 0 Å². The zero-order valence-corrected chi connectivity index (χ0v) is 21.9. The number of likely N-dealkylation sites (N-methyl/N-ethyl adjacent to an activating group) is 2. The number of pyridine rings is 1. The van der Waals surface area contributed by atoms with Gasteiger partial charge in [-0.1, -0.05) is 0 Å². The van der Waals surface area contributed by atoms with Gasteiger partial charge in [0.2, 0.25) is 5.91 Å². The standard InChI is InChI=1S/C26H35F3N6O2/c1-18-15-23(34-13-11-32(3)12-14-34)30-22-6-5-20(16-21(18)22)33(4)24(36)17-35(25(37)26(27,28)29)19-7-9-31(2)10-8-19/h5-6,15-16,19H,7-14,17H2,1-4H3. The van der Waals surface area contributed by atoms with E-state index in [-0.39, 0.29) is 0 Å². The lowest BCUT2D eigenvalue weighted by atomic mass is 10.0. The van der Waals surface area contributed by atoms with Crippen LogP contribution in [0.4, 0.5) is 24.7 Å². The summed E-state index contributed by atoms with van der Waals surface area (Å²) in [6.45, 7) is 6.24. The van der Waals surface area contributed by atoms with Gasteiger partial charge in [-0.25, -0.2) is 4.98 Å². The maximum Gasteiger partial charge on any atom is 0.471 e. The summed E-state index contributed by atoms with van der Waals surface area (Å²) in [6, 6.07) is 6.80. The van der Waals surface area contributed by atoms with E-state index in [4.69, 9.17) is 4.98 Å². The fourth-order valence-electron chi connectivity index (χ4n) is 5.00. The summed E-state index contributed by atoms with van der Waals surface area (Å²) in [7, 11) is 5.51. The molecule has 0 bridgehead atoms. The Bertz CT molecular complexity index is 1140. The van der Waals surface area contributed by atoms with Crippen LogP contribution < -0.4 is 9.80 Å². The topological polar surface area (TPSA) is 63.2 Å². The Balaban J connectivity index is 1.53. The first-order chi connectivity index (χ1) is 17.4. The molecule has 0 N–H and O–H groups in total. The van der Waals surface area contributed by atoms with Crippen LogP contribution >= 0.6 is 0 Å². The van der Waals surface area contributed by atoms with Gasteiger partial charge in [0.25, 0.3) is 0 Å². The highest BCUT2D eigenvalue weighted by Gasteiger charge is 2.45. The second kappa shape index (κ2) is 10.8. The van der Waals surface area contributed by atoms with Crippen LogP contribution in [-0.2, 0) is 9.59 Å². The van der Waals surface area contributed by atoms with Crippen molar-refractivity contribution in [2.45, 2.75) is 32.0 Å². The van der Waals surface area contributed by atoms with E-state index in [1.165, 1.54) is 11.9 Å². The van der Waals surface area contributed by atoms with Crippen LogP contribution in [0.25, 0.3) is 10.9 Å². The fourth-order valence-corrected chi connectivity index (χ4v) is 5.00. The Morgan fingerprint density at radius 2 is 1.62 bits per heavy atom. The number of carbonyl (C=O) groups excluding carboxylic acids is 2. The summed E-state index contributed by atoms with van der Waals surface area (Å²) >= 11 is 0. The molecule has 0 atom stereocenters. The summed E-state index contributed by atoms with van der Waals surface area (Å²) in [4.78, 5) is 38.8. The number of anilines is 2. The minimum absolute atomic E-state index is 0.395. The van der Waals surface area contributed by atoms with Gasteiger partial charge >= 0.3 is 12.1 Å². The molecule has 8 nitrogen and oxygen atoms in total. The third-order valence-corrected chi connectivity index (χ3v) is 7.51. The summed E-state index contributed by atoms with van der Waals surface area (Å²) in [6.07, 6.45) is -4.24. The molecule has 2 aliphatic rings. The maximum atomic E-state index is 13.4. The zero-order chi connectivity index (χ0) is 26.9. The van der Waals surface area contributed by atoms with Crippen LogP contribution in [0.1, 0.15) is 18.4 Å². The quantitative estimate of drug-likeness (QED) is 0.604. The number of aryl methyl sites for hydroxylation is 1. The number of likely N-dealkylation sites (tertiary alicyclic amines) is 1. The van der Waals surface area contributed by atoms with Gasteiger partial charge in [0.15, 0.2) is 0 Å². The van der Waals surface area contributed by atoms with Gasteiger partial charge in [-0.3, -0.25) is 9.59 Å². The predicted molar refractivity (Wildman–Crippen MR) is 138 cm³/mol. The Hall–Kier alpha value is -2.92. The predicted octanol–water partition coefficient (Wildman–Crippen LogP) is 2.74. The van der Waals surface area contributed by atoms with Crippen LogP contribution in [0.15, 0.2) is 24.3 Å². The number of amides is 2. The molecule has 1 aromatic heterocycles. The van der Waals surface area contributed by atoms with Crippen molar-refractivity contribution in [2.24, 2.45) is 0 Å². The maximum absolute atomic E-state index is 13.4. The number of hydrogen-bond acceptors (Lipinski definition) is 6. The highest BCUT2D eigenvalue weighted by Crippen LogP contribution is 2.28. The van der Waals surface area contributed by atoms with Crippen molar-refractivity contribution in [2.75, 3.05) is 76.8 Å². The molecule has 0 spiro atoms. The van der Waals surface area contributed by atoms with E-state index in [0.717, 1.165) is 48.5 Å². The van der Waals surface area contributed by atoms with Crippen molar-refractivity contribution in [1.82, 2.24) is 19.7 Å². The fraction of sp³-hybridized carbons (Fsp3) is 0.577. The lowest BCUT2D eigenvalue weighted by Crippen LogP contribution is -2.54. The Kier molecular flexibility index (Phi) is 7.94. The second-order valence-corrected chi connectivity index (χ2v) is 10.2. The number of hydrogen-bond donors (Lipinski definition) is 0. The first-order valence-corrected chi connectivity index (χ1v) is 12.6. The van der Waals surface area contributed by atoms with Crippen LogP contribution in [0.2, 0.25) is 0 Å². The number of nitrogens with zero attached hydrogens (tertiary/aromatic N) is 6. The van der Waals surface area contributed by atoms with Crippen molar-refractivity contribution in [3.05, 3.63) is 29.8 Å². The molecule has 4 rings (SSSR count). The molecule has 202 valence electrons.